The highest BCUT2D eigenvalue weighted by molar-refractivity contribution is 5.77. The van der Waals surface area contributed by atoms with Gasteiger partial charge in [-0.15, -0.1) is 0 Å². The van der Waals surface area contributed by atoms with Crippen molar-refractivity contribution in [2.75, 3.05) is 7.11 Å². The monoisotopic (exact) mass is 398 g/mol. The maximum Gasteiger partial charge on any atom is 0.332 e. The zero-order chi connectivity index (χ0) is 21.1. The predicted molar refractivity (Wildman–Crippen MR) is 113 cm³/mol. The number of aromatic nitrogens is 4. The molecule has 0 saturated carbocycles. The molecule has 0 aliphatic rings. The Hall–Kier alpha value is -3.29. The van der Waals surface area contributed by atoms with Crippen LogP contribution in [0.1, 0.15) is 38.1 Å². The summed E-state index contributed by atoms with van der Waals surface area (Å²) in [6.45, 7) is 4.78. The van der Waals surface area contributed by atoms with Gasteiger partial charge in [-0.05, 0) is 36.6 Å². The van der Waals surface area contributed by atoms with Crippen LogP contribution in [-0.2, 0) is 20.1 Å². The Kier molecular flexibility index (Phi) is 5.91. The van der Waals surface area contributed by atoms with Gasteiger partial charge in [0.25, 0.3) is 5.56 Å². The molecule has 3 aromatic rings. The number of nitrogens with zero attached hydrogens (tertiary/aromatic N) is 4. The van der Waals surface area contributed by atoms with Gasteiger partial charge in [0.2, 0.25) is 0 Å². The second-order valence-electron chi connectivity index (χ2n) is 6.86. The lowest BCUT2D eigenvalue weighted by atomic mass is 10.2. The Morgan fingerprint density at radius 3 is 2.41 bits per heavy atom. The first-order valence-corrected chi connectivity index (χ1v) is 9.68. The van der Waals surface area contributed by atoms with Crippen LogP contribution in [0, 0.1) is 0 Å². The molecule has 0 bridgehead atoms. The van der Waals surface area contributed by atoms with E-state index in [1.165, 1.54) is 11.7 Å². The number of aryl methyl sites for hydroxylation is 2. The summed E-state index contributed by atoms with van der Waals surface area (Å²) in [7, 11) is 3.25. The van der Waals surface area contributed by atoms with Crippen LogP contribution in [0.2, 0.25) is 0 Å². The van der Waals surface area contributed by atoms with Crippen molar-refractivity contribution < 1.29 is 9.84 Å². The van der Waals surface area contributed by atoms with Crippen LogP contribution in [0.4, 0.5) is 0 Å². The third kappa shape index (κ3) is 3.70. The topological polar surface area (TPSA) is 91.3 Å². The molecule has 0 aliphatic carbocycles. The minimum atomic E-state index is -0.323. The Balaban J connectivity index is 2.15. The molecule has 8 nitrogen and oxygen atoms in total. The van der Waals surface area contributed by atoms with E-state index < -0.39 is 0 Å². The minimum absolute atomic E-state index is 0.0406. The van der Waals surface area contributed by atoms with Gasteiger partial charge in [-0.1, -0.05) is 26.0 Å². The van der Waals surface area contributed by atoms with E-state index in [1.54, 1.807) is 46.5 Å². The van der Waals surface area contributed by atoms with Crippen LogP contribution in [-0.4, -0.2) is 30.9 Å². The van der Waals surface area contributed by atoms with Crippen LogP contribution in [0.25, 0.3) is 23.3 Å². The zero-order valence-corrected chi connectivity index (χ0v) is 17.2. The van der Waals surface area contributed by atoms with Gasteiger partial charge in [-0.25, -0.2) is 9.78 Å². The molecule has 0 aliphatic heterocycles. The van der Waals surface area contributed by atoms with Crippen molar-refractivity contribution in [3.05, 3.63) is 50.4 Å². The molecule has 2 aromatic heterocycles. The summed E-state index contributed by atoms with van der Waals surface area (Å²) in [5, 5.41) is 9.94. The highest BCUT2D eigenvalue weighted by atomic mass is 16.5. The predicted octanol–water partition coefficient (Wildman–Crippen LogP) is 2.60. The van der Waals surface area contributed by atoms with E-state index in [4.69, 9.17) is 4.74 Å². The van der Waals surface area contributed by atoms with E-state index in [1.807, 2.05) is 13.8 Å². The average molecular weight is 398 g/mol. The van der Waals surface area contributed by atoms with Crippen molar-refractivity contribution in [3.63, 3.8) is 0 Å². The van der Waals surface area contributed by atoms with Crippen LogP contribution in [0.5, 0.6) is 11.5 Å². The largest absolute Gasteiger partial charge is 0.504 e. The fraction of sp³-hybridized carbons (Fsp3) is 0.381. The Labute approximate surface area is 168 Å². The molecule has 1 N–H and O–H groups in total. The first-order valence-electron chi connectivity index (χ1n) is 9.68. The van der Waals surface area contributed by atoms with Gasteiger partial charge < -0.3 is 14.4 Å². The van der Waals surface area contributed by atoms with Gasteiger partial charge in [-0.2, -0.15) is 0 Å². The van der Waals surface area contributed by atoms with E-state index in [2.05, 4.69) is 4.98 Å². The molecule has 29 heavy (non-hydrogen) atoms. The highest BCUT2D eigenvalue weighted by Crippen LogP contribution is 2.27. The lowest BCUT2D eigenvalue weighted by molar-refractivity contribution is 0.373. The number of aromatic hydroxyl groups is 1. The average Bonchev–Trinajstić information content (AvgIpc) is 3.03. The van der Waals surface area contributed by atoms with Crippen molar-refractivity contribution in [1.82, 2.24) is 18.7 Å². The van der Waals surface area contributed by atoms with E-state index in [0.29, 0.717) is 42.2 Å². The first-order chi connectivity index (χ1) is 13.9. The van der Waals surface area contributed by atoms with Crippen molar-refractivity contribution in [2.24, 2.45) is 7.05 Å². The minimum Gasteiger partial charge on any atom is -0.504 e. The molecule has 0 fully saturated rings. The van der Waals surface area contributed by atoms with Crippen LogP contribution < -0.4 is 16.0 Å². The third-order valence-electron chi connectivity index (χ3n) is 4.80. The summed E-state index contributed by atoms with van der Waals surface area (Å²) >= 11 is 0. The van der Waals surface area contributed by atoms with Gasteiger partial charge in [0.1, 0.15) is 5.82 Å². The molecule has 0 saturated heterocycles. The molecule has 0 unspecified atom stereocenters. The normalized spacial score (nSPS) is 11.6. The first kappa shape index (κ1) is 20.4. The molecule has 3 rings (SSSR count). The fourth-order valence-corrected chi connectivity index (χ4v) is 3.36. The number of benzene rings is 1. The third-order valence-corrected chi connectivity index (χ3v) is 4.80. The lowest BCUT2D eigenvalue weighted by Gasteiger charge is -2.10. The number of ether oxygens (including phenoxy) is 1. The molecule has 2 heterocycles. The Morgan fingerprint density at radius 2 is 1.79 bits per heavy atom. The molecule has 0 radical (unpaired) electrons. The molecular weight excluding hydrogens is 372 g/mol. The van der Waals surface area contributed by atoms with Crippen molar-refractivity contribution in [1.29, 1.82) is 0 Å². The summed E-state index contributed by atoms with van der Waals surface area (Å²) in [4.78, 5) is 30.3. The second kappa shape index (κ2) is 8.38. The quantitative estimate of drug-likeness (QED) is 0.661. The number of hydrogen-bond acceptors (Lipinski definition) is 5. The van der Waals surface area contributed by atoms with Gasteiger partial charge >= 0.3 is 5.69 Å². The molecular formula is C21H26N4O4. The molecule has 0 spiro atoms. The van der Waals surface area contributed by atoms with Crippen LogP contribution in [0.3, 0.4) is 0 Å². The number of phenols is 1. The molecule has 154 valence electrons. The maximum atomic E-state index is 12.9. The summed E-state index contributed by atoms with van der Waals surface area (Å²) < 4.78 is 9.62. The second-order valence-corrected chi connectivity index (χ2v) is 6.86. The molecule has 0 amide bonds. The van der Waals surface area contributed by atoms with Gasteiger partial charge in [0.15, 0.2) is 22.7 Å². The zero-order valence-electron chi connectivity index (χ0n) is 17.2. The van der Waals surface area contributed by atoms with Crippen molar-refractivity contribution in [3.8, 4) is 11.5 Å². The highest BCUT2D eigenvalue weighted by Gasteiger charge is 2.18. The number of rotatable bonds is 7. The standard InChI is InChI=1S/C21H26N4O4/c1-5-11-24-19-18(20(27)25(12-6-2)21(24)28)23(3)17(22-19)10-8-14-7-9-16(29-4)15(26)13-14/h7-10,13,26H,5-6,11-12H2,1-4H3. The Bertz CT molecular complexity index is 1180. The maximum absolute atomic E-state index is 12.9. The van der Waals surface area contributed by atoms with Crippen LogP contribution >= 0.6 is 0 Å². The molecule has 0 atom stereocenters. The number of hydrogen-bond donors (Lipinski definition) is 1. The lowest BCUT2D eigenvalue weighted by Crippen LogP contribution is -2.40. The van der Waals surface area contributed by atoms with Crippen molar-refractivity contribution in [2.45, 2.75) is 39.8 Å². The summed E-state index contributed by atoms with van der Waals surface area (Å²) in [5.74, 6) is 0.981. The van der Waals surface area contributed by atoms with Crippen LogP contribution in [0.15, 0.2) is 27.8 Å². The SMILES string of the molecule is CCCn1c(=O)c2c(nc(C=Cc3ccc(OC)c(O)c3)n2C)n(CCC)c1=O. The number of fused-ring (bicyclic) bond motifs is 1. The van der Waals surface area contributed by atoms with E-state index in [-0.39, 0.29) is 17.0 Å². The fourth-order valence-electron chi connectivity index (χ4n) is 3.36. The van der Waals surface area contributed by atoms with Crippen molar-refractivity contribution >= 4 is 23.3 Å². The Morgan fingerprint density at radius 1 is 1.10 bits per heavy atom. The summed E-state index contributed by atoms with van der Waals surface area (Å²) in [5.41, 5.74) is 0.915. The summed E-state index contributed by atoms with van der Waals surface area (Å²) in [6.07, 6.45) is 4.99. The van der Waals surface area contributed by atoms with E-state index >= 15 is 0 Å². The van der Waals surface area contributed by atoms with Gasteiger partial charge in [0, 0.05) is 20.1 Å². The summed E-state index contributed by atoms with van der Waals surface area (Å²) in [6, 6.07) is 5.06. The molecule has 1 aromatic carbocycles. The molecule has 8 heteroatoms. The van der Waals surface area contributed by atoms with Gasteiger partial charge in [0.05, 0.1) is 7.11 Å². The number of methoxy groups -OCH3 is 1. The smallest absolute Gasteiger partial charge is 0.332 e. The number of imidazole rings is 1. The van der Waals surface area contributed by atoms with Gasteiger partial charge in [-0.3, -0.25) is 13.9 Å². The van der Waals surface area contributed by atoms with E-state index in [0.717, 1.165) is 12.0 Å². The number of phenolic OH excluding ortho intramolecular Hbond substituents is 1. The van der Waals surface area contributed by atoms with E-state index in [9.17, 15) is 14.7 Å².